The van der Waals surface area contributed by atoms with Crippen molar-refractivity contribution in [2.45, 2.75) is 25.8 Å². The summed E-state index contributed by atoms with van der Waals surface area (Å²) in [6.07, 6.45) is 3.49. The minimum atomic E-state index is -0.118. The summed E-state index contributed by atoms with van der Waals surface area (Å²) in [5.41, 5.74) is 0.564. The van der Waals surface area contributed by atoms with Crippen LogP contribution in [0.3, 0.4) is 0 Å². The molecule has 0 bridgehead atoms. The van der Waals surface area contributed by atoms with Crippen molar-refractivity contribution in [3.63, 3.8) is 0 Å². The lowest BCUT2D eigenvalue weighted by molar-refractivity contribution is -0.129. The van der Waals surface area contributed by atoms with E-state index in [1.165, 1.54) is 0 Å². The van der Waals surface area contributed by atoms with Crippen LogP contribution in [0, 0.1) is 0 Å². The third kappa shape index (κ3) is 2.34. The summed E-state index contributed by atoms with van der Waals surface area (Å²) in [6.45, 7) is 2.30. The van der Waals surface area contributed by atoms with Crippen LogP contribution in [0.2, 0.25) is 0 Å². The van der Waals surface area contributed by atoms with Crippen LogP contribution < -0.4 is 0 Å². The molecule has 2 aromatic heterocycles. The van der Waals surface area contributed by atoms with E-state index in [1.807, 2.05) is 24.3 Å². The Balaban J connectivity index is 1.74. The number of carbonyl (C=O) groups excluding carboxylic acids is 1. The predicted molar refractivity (Wildman–Crippen MR) is 82.2 cm³/mol. The first-order chi connectivity index (χ1) is 11.2. The van der Waals surface area contributed by atoms with Gasteiger partial charge in [0.2, 0.25) is 5.91 Å². The highest BCUT2D eigenvalue weighted by Crippen LogP contribution is 2.32. The van der Waals surface area contributed by atoms with E-state index in [2.05, 4.69) is 20.3 Å². The standard InChI is InChI=1S/C16H15N5O2/c1-10(22)21-8-4-7-13(21)15-18-16(23-20-15)14-12-6-3-2-5-11(12)9-17-19-14/h2-3,5-6,9,13H,4,7-8H2,1H3. The first-order valence-corrected chi connectivity index (χ1v) is 7.55. The molecular formula is C16H15N5O2. The number of nitrogens with zero attached hydrogens (tertiary/aromatic N) is 5. The number of fused-ring (bicyclic) bond motifs is 1. The molecule has 4 rings (SSSR count). The number of likely N-dealkylation sites (tertiary alicyclic amines) is 1. The molecule has 116 valence electrons. The van der Waals surface area contributed by atoms with E-state index in [9.17, 15) is 4.79 Å². The fraction of sp³-hybridized carbons (Fsp3) is 0.312. The topological polar surface area (TPSA) is 85.0 Å². The Kier molecular flexibility index (Phi) is 3.25. The van der Waals surface area contributed by atoms with Gasteiger partial charge in [0.15, 0.2) is 11.5 Å². The average molecular weight is 309 g/mol. The quantitative estimate of drug-likeness (QED) is 0.722. The first-order valence-electron chi connectivity index (χ1n) is 7.55. The summed E-state index contributed by atoms with van der Waals surface area (Å²) >= 11 is 0. The maximum Gasteiger partial charge on any atom is 0.279 e. The Bertz CT molecular complexity index is 870. The van der Waals surface area contributed by atoms with Gasteiger partial charge in [0.05, 0.1) is 12.2 Å². The van der Waals surface area contributed by atoms with Gasteiger partial charge in [0, 0.05) is 24.2 Å². The summed E-state index contributed by atoms with van der Waals surface area (Å²) in [6, 6.07) is 7.66. The van der Waals surface area contributed by atoms with Crippen LogP contribution in [0.15, 0.2) is 35.0 Å². The molecule has 1 amide bonds. The van der Waals surface area contributed by atoms with Gasteiger partial charge in [0.1, 0.15) is 0 Å². The van der Waals surface area contributed by atoms with Crippen LogP contribution in [0.4, 0.5) is 0 Å². The molecule has 1 aliphatic heterocycles. The smallest absolute Gasteiger partial charge is 0.279 e. The van der Waals surface area contributed by atoms with Crippen molar-refractivity contribution in [1.82, 2.24) is 25.2 Å². The van der Waals surface area contributed by atoms with Crippen molar-refractivity contribution in [2.24, 2.45) is 0 Å². The summed E-state index contributed by atoms with van der Waals surface area (Å²) in [7, 11) is 0. The molecule has 0 aliphatic carbocycles. The van der Waals surface area contributed by atoms with E-state index < -0.39 is 0 Å². The van der Waals surface area contributed by atoms with Gasteiger partial charge in [-0.15, -0.1) is 5.10 Å². The van der Waals surface area contributed by atoms with Gasteiger partial charge in [-0.2, -0.15) is 10.1 Å². The van der Waals surface area contributed by atoms with Crippen molar-refractivity contribution in [1.29, 1.82) is 0 Å². The number of rotatable bonds is 2. The molecule has 1 aliphatic rings. The molecule has 7 heteroatoms. The van der Waals surface area contributed by atoms with Crippen LogP contribution in [-0.2, 0) is 4.79 Å². The second-order valence-corrected chi connectivity index (χ2v) is 5.61. The van der Waals surface area contributed by atoms with E-state index in [4.69, 9.17) is 4.52 Å². The van der Waals surface area contributed by atoms with Gasteiger partial charge in [-0.25, -0.2) is 0 Å². The highest BCUT2D eigenvalue weighted by Gasteiger charge is 2.32. The molecule has 23 heavy (non-hydrogen) atoms. The molecule has 0 saturated carbocycles. The predicted octanol–water partition coefficient (Wildman–Crippen LogP) is 2.36. The Morgan fingerprint density at radius 1 is 1.35 bits per heavy atom. The molecule has 0 N–H and O–H groups in total. The molecule has 0 spiro atoms. The van der Waals surface area contributed by atoms with Crippen molar-refractivity contribution in [2.75, 3.05) is 6.54 Å². The third-order valence-electron chi connectivity index (χ3n) is 4.17. The average Bonchev–Trinajstić information content (AvgIpc) is 3.23. The second kappa shape index (κ2) is 5.42. The maximum atomic E-state index is 11.7. The molecule has 7 nitrogen and oxygen atoms in total. The van der Waals surface area contributed by atoms with E-state index in [-0.39, 0.29) is 11.9 Å². The fourth-order valence-corrected chi connectivity index (χ4v) is 3.06. The molecule has 1 saturated heterocycles. The lowest BCUT2D eigenvalue weighted by atomic mass is 10.1. The monoisotopic (exact) mass is 309 g/mol. The Morgan fingerprint density at radius 2 is 2.22 bits per heavy atom. The van der Waals surface area contributed by atoms with Gasteiger partial charge in [-0.3, -0.25) is 4.79 Å². The van der Waals surface area contributed by atoms with Crippen LogP contribution in [-0.4, -0.2) is 37.7 Å². The number of carbonyl (C=O) groups is 1. The number of benzene rings is 1. The Labute approximate surface area is 132 Å². The fourth-order valence-electron chi connectivity index (χ4n) is 3.06. The highest BCUT2D eigenvalue weighted by molar-refractivity contribution is 5.91. The summed E-state index contributed by atoms with van der Waals surface area (Å²) < 4.78 is 5.40. The molecule has 3 aromatic rings. The third-order valence-corrected chi connectivity index (χ3v) is 4.17. The van der Waals surface area contributed by atoms with E-state index in [0.29, 0.717) is 17.4 Å². The van der Waals surface area contributed by atoms with E-state index in [0.717, 1.165) is 30.2 Å². The van der Waals surface area contributed by atoms with Crippen LogP contribution in [0.5, 0.6) is 0 Å². The zero-order chi connectivity index (χ0) is 15.8. The molecule has 1 fully saturated rings. The molecule has 3 heterocycles. The molecule has 1 atom stereocenters. The Hall–Kier alpha value is -2.83. The molecular weight excluding hydrogens is 294 g/mol. The molecule has 0 radical (unpaired) electrons. The SMILES string of the molecule is CC(=O)N1CCCC1c1noc(-c2nncc3ccccc23)n1. The minimum absolute atomic E-state index is 0.0313. The van der Waals surface area contributed by atoms with Gasteiger partial charge in [0.25, 0.3) is 5.89 Å². The summed E-state index contributed by atoms with van der Waals surface area (Å²) in [5.74, 6) is 0.894. The van der Waals surface area contributed by atoms with Gasteiger partial charge in [-0.1, -0.05) is 29.4 Å². The van der Waals surface area contributed by atoms with E-state index >= 15 is 0 Å². The normalized spacial score (nSPS) is 17.8. The second-order valence-electron chi connectivity index (χ2n) is 5.61. The minimum Gasteiger partial charge on any atom is -0.333 e. The lowest BCUT2D eigenvalue weighted by Gasteiger charge is -2.19. The van der Waals surface area contributed by atoms with Crippen molar-refractivity contribution in [3.05, 3.63) is 36.3 Å². The van der Waals surface area contributed by atoms with E-state index in [1.54, 1.807) is 18.0 Å². The van der Waals surface area contributed by atoms with Crippen LogP contribution in [0.25, 0.3) is 22.4 Å². The zero-order valence-corrected chi connectivity index (χ0v) is 12.6. The highest BCUT2D eigenvalue weighted by atomic mass is 16.5. The maximum absolute atomic E-state index is 11.7. The number of amides is 1. The largest absolute Gasteiger partial charge is 0.333 e. The Morgan fingerprint density at radius 3 is 3.09 bits per heavy atom. The molecule has 1 unspecified atom stereocenters. The van der Waals surface area contributed by atoms with Crippen LogP contribution in [0.1, 0.15) is 31.6 Å². The van der Waals surface area contributed by atoms with Crippen LogP contribution >= 0.6 is 0 Å². The van der Waals surface area contributed by atoms with Gasteiger partial charge < -0.3 is 9.42 Å². The first kappa shape index (κ1) is 13.8. The lowest BCUT2D eigenvalue weighted by Crippen LogP contribution is -2.28. The van der Waals surface area contributed by atoms with Crippen molar-refractivity contribution >= 4 is 16.7 Å². The summed E-state index contributed by atoms with van der Waals surface area (Å²) in [4.78, 5) is 18.0. The van der Waals surface area contributed by atoms with Crippen molar-refractivity contribution in [3.8, 4) is 11.6 Å². The summed E-state index contributed by atoms with van der Waals surface area (Å²) in [5, 5.41) is 14.1. The molecule has 1 aromatic carbocycles. The number of hydrogen-bond acceptors (Lipinski definition) is 6. The number of aromatic nitrogens is 4. The zero-order valence-electron chi connectivity index (χ0n) is 12.6. The van der Waals surface area contributed by atoms with Gasteiger partial charge in [-0.05, 0) is 12.8 Å². The number of hydrogen-bond donors (Lipinski definition) is 0. The van der Waals surface area contributed by atoms with Gasteiger partial charge >= 0.3 is 0 Å². The van der Waals surface area contributed by atoms with Crippen molar-refractivity contribution < 1.29 is 9.32 Å².